The van der Waals surface area contributed by atoms with Gasteiger partial charge in [-0.3, -0.25) is 0 Å². The molecule has 3 nitrogen and oxygen atoms in total. The normalized spacial score (nSPS) is 12.8. The van der Waals surface area contributed by atoms with Crippen LogP contribution in [0.1, 0.15) is 13.8 Å². The first kappa shape index (κ1) is 16.6. The highest BCUT2D eigenvalue weighted by Crippen LogP contribution is 2.16. The summed E-state index contributed by atoms with van der Waals surface area (Å²) in [6, 6.07) is 8.21. The van der Waals surface area contributed by atoms with E-state index in [0.29, 0.717) is 6.54 Å². The van der Waals surface area contributed by atoms with Crippen LogP contribution >= 0.6 is 0 Å². The maximum Gasteiger partial charge on any atom is 0.138 e. The van der Waals surface area contributed by atoms with Crippen LogP contribution in [-0.4, -0.2) is 16.5 Å². The van der Waals surface area contributed by atoms with Gasteiger partial charge in [0, 0.05) is 17.8 Å². The molecular weight excluding hydrogens is 282 g/mol. The summed E-state index contributed by atoms with van der Waals surface area (Å²) in [5, 5.41) is 5.38. The van der Waals surface area contributed by atoms with Gasteiger partial charge in [-0.15, -0.1) is 0 Å². The standard InChI is InChI=1S/C20H23N3/c1-5-8-9-15(4)14-21-17-12-10-16(11-13-17)20-22-18(6-2)19(7-3)23-20/h5-13,21H,1,4,14H2,2-3H3,(H,22,23)/b9-8-,18-6+,19-7+. The van der Waals surface area contributed by atoms with Crippen LogP contribution < -0.4 is 16.0 Å². The number of hydrogen-bond acceptors (Lipinski definition) is 2. The molecule has 0 aliphatic rings. The predicted octanol–water partition coefficient (Wildman–Crippen LogP) is 3.39. The lowest BCUT2D eigenvalue weighted by molar-refractivity contribution is 1.26. The van der Waals surface area contributed by atoms with Gasteiger partial charge < -0.3 is 10.3 Å². The number of benzene rings is 1. The average molecular weight is 305 g/mol. The van der Waals surface area contributed by atoms with E-state index in [1.54, 1.807) is 6.08 Å². The van der Waals surface area contributed by atoms with Crippen LogP contribution in [0.25, 0.3) is 23.5 Å². The van der Waals surface area contributed by atoms with Crippen molar-refractivity contribution in [2.45, 2.75) is 13.8 Å². The molecule has 1 heterocycles. The van der Waals surface area contributed by atoms with Crippen LogP contribution in [0.2, 0.25) is 0 Å². The molecule has 0 saturated carbocycles. The molecule has 0 aliphatic carbocycles. The Kier molecular flexibility index (Phi) is 5.75. The van der Waals surface area contributed by atoms with Gasteiger partial charge >= 0.3 is 0 Å². The van der Waals surface area contributed by atoms with Gasteiger partial charge in [0.15, 0.2) is 0 Å². The molecule has 0 bridgehead atoms. The molecule has 0 atom stereocenters. The summed E-state index contributed by atoms with van der Waals surface area (Å²) >= 11 is 0. The van der Waals surface area contributed by atoms with Crippen LogP contribution in [0.4, 0.5) is 5.69 Å². The van der Waals surface area contributed by atoms with Crippen LogP contribution in [0, 0.1) is 0 Å². The summed E-state index contributed by atoms with van der Waals surface area (Å²) in [5.41, 5.74) is 3.13. The third kappa shape index (κ3) is 4.33. The number of anilines is 1. The molecule has 0 spiro atoms. The fraction of sp³-hybridized carbons (Fsp3) is 0.150. The van der Waals surface area contributed by atoms with E-state index in [1.807, 2.05) is 50.3 Å². The third-order valence-corrected chi connectivity index (χ3v) is 3.47. The summed E-state index contributed by atoms with van der Waals surface area (Å²) in [5.74, 6) is 0.885. The topological polar surface area (TPSA) is 40.7 Å². The second kappa shape index (κ2) is 7.99. The zero-order valence-corrected chi connectivity index (χ0v) is 13.8. The van der Waals surface area contributed by atoms with Gasteiger partial charge in [-0.1, -0.05) is 43.5 Å². The average Bonchev–Trinajstić information content (AvgIpc) is 3.02. The number of aromatic nitrogens is 2. The summed E-state index contributed by atoms with van der Waals surface area (Å²) in [4.78, 5) is 7.95. The molecule has 23 heavy (non-hydrogen) atoms. The molecular formula is C20H23N3. The number of rotatable bonds is 6. The zero-order valence-electron chi connectivity index (χ0n) is 13.8. The van der Waals surface area contributed by atoms with E-state index in [1.165, 1.54) is 0 Å². The van der Waals surface area contributed by atoms with Crippen molar-refractivity contribution in [2.75, 3.05) is 11.9 Å². The van der Waals surface area contributed by atoms with Crippen LogP contribution in [0.15, 0.2) is 61.2 Å². The molecule has 118 valence electrons. The van der Waals surface area contributed by atoms with Gasteiger partial charge in [0.05, 0.1) is 10.7 Å². The van der Waals surface area contributed by atoms with Gasteiger partial charge in [-0.25, -0.2) is 4.98 Å². The maximum atomic E-state index is 4.61. The van der Waals surface area contributed by atoms with Gasteiger partial charge in [0.2, 0.25) is 0 Å². The second-order valence-electron chi connectivity index (χ2n) is 5.15. The Morgan fingerprint density at radius 2 is 1.96 bits per heavy atom. The van der Waals surface area contributed by atoms with E-state index >= 15 is 0 Å². The minimum absolute atomic E-state index is 0.703. The Morgan fingerprint density at radius 3 is 2.52 bits per heavy atom. The first-order chi connectivity index (χ1) is 11.2. The highest BCUT2D eigenvalue weighted by atomic mass is 14.9. The van der Waals surface area contributed by atoms with Crippen molar-refractivity contribution in [1.29, 1.82) is 0 Å². The number of hydrogen-bond donors (Lipinski definition) is 2. The fourth-order valence-electron chi connectivity index (χ4n) is 2.20. The van der Waals surface area contributed by atoms with E-state index in [0.717, 1.165) is 33.3 Å². The number of aromatic amines is 1. The maximum absolute atomic E-state index is 4.61. The van der Waals surface area contributed by atoms with Crippen LogP contribution in [0.3, 0.4) is 0 Å². The van der Waals surface area contributed by atoms with Crippen molar-refractivity contribution >= 4 is 17.8 Å². The molecule has 0 aliphatic heterocycles. The second-order valence-corrected chi connectivity index (χ2v) is 5.15. The first-order valence-corrected chi connectivity index (χ1v) is 7.67. The number of nitrogens with zero attached hydrogens (tertiary/aromatic N) is 1. The number of allylic oxidation sites excluding steroid dienone is 2. The molecule has 2 aromatic rings. The van der Waals surface area contributed by atoms with Gasteiger partial charge in [0.1, 0.15) is 5.82 Å². The molecule has 0 unspecified atom stereocenters. The molecule has 0 fully saturated rings. The van der Waals surface area contributed by atoms with E-state index < -0.39 is 0 Å². The molecule has 1 aromatic carbocycles. The summed E-state index contributed by atoms with van der Waals surface area (Å²) in [6.07, 6.45) is 9.61. The van der Waals surface area contributed by atoms with Gasteiger partial charge in [-0.05, 0) is 43.7 Å². The SMILES string of the molecule is C=C/C=C\C(=C)CNc1ccc(-c2nc(=C/C)/c(=C\C)[nH]2)cc1. The highest BCUT2D eigenvalue weighted by Gasteiger charge is 2.02. The molecule has 1 aromatic heterocycles. The van der Waals surface area contributed by atoms with Gasteiger partial charge in [-0.2, -0.15) is 0 Å². The molecule has 2 rings (SSSR count). The Morgan fingerprint density at radius 1 is 1.22 bits per heavy atom. The van der Waals surface area contributed by atoms with E-state index in [9.17, 15) is 0 Å². The van der Waals surface area contributed by atoms with E-state index in [4.69, 9.17) is 0 Å². The van der Waals surface area contributed by atoms with Crippen LogP contribution in [0.5, 0.6) is 0 Å². The van der Waals surface area contributed by atoms with E-state index in [2.05, 4.69) is 40.6 Å². The number of nitrogens with one attached hydrogen (secondary N) is 2. The van der Waals surface area contributed by atoms with Crippen molar-refractivity contribution in [1.82, 2.24) is 9.97 Å². The van der Waals surface area contributed by atoms with Crippen molar-refractivity contribution in [2.24, 2.45) is 0 Å². The largest absolute Gasteiger partial charge is 0.381 e. The minimum atomic E-state index is 0.703. The summed E-state index contributed by atoms with van der Waals surface area (Å²) in [7, 11) is 0. The lowest BCUT2D eigenvalue weighted by Crippen LogP contribution is -2.23. The smallest absolute Gasteiger partial charge is 0.138 e. The van der Waals surface area contributed by atoms with Crippen LogP contribution in [-0.2, 0) is 0 Å². The molecule has 0 amide bonds. The van der Waals surface area contributed by atoms with Crippen molar-refractivity contribution in [3.63, 3.8) is 0 Å². The minimum Gasteiger partial charge on any atom is -0.381 e. The van der Waals surface area contributed by atoms with Gasteiger partial charge in [0.25, 0.3) is 0 Å². The summed E-state index contributed by atoms with van der Waals surface area (Å²) in [6.45, 7) is 12.3. The lowest BCUT2D eigenvalue weighted by Gasteiger charge is -2.06. The summed E-state index contributed by atoms with van der Waals surface area (Å²) < 4.78 is 0. The molecule has 0 radical (unpaired) electrons. The molecule has 0 saturated heterocycles. The Balaban J connectivity index is 2.11. The van der Waals surface area contributed by atoms with Crippen molar-refractivity contribution < 1.29 is 0 Å². The lowest BCUT2D eigenvalue weighted by atomic mass is 10.2. The molecule has 3 heteroatoms. The zero-order chi connectivity index (χ0) is 16.7. The third-order valence-electron chi connectivity index (χ3n) is 3.47. The fourth-order valence-corrected chi connectivity index (χ4v) is 2.20. The number of H-pyrrole nitrogens is 1. The highest BCUT2D eigenvalue weighted by molar-refractivity contribution is 5.60. The Labute approximate surface area is 137 Å². The van der Waals surface area contributed by atoms with Crippen molar-refractivity contribution in [3.05, 3.63) is 71.9 Å². The Bertz CT molecular complexity index is 789. The molecule has 2 N–H and O–H groups in total. The predicted molar refractivity (Wildman–Crippen MR) is 101 cm³/mol. The van der Waals surface area contributed by atoms with Crippen molar-refractivity contribution in [3.8, 4) is 11.4 Å². The quantitative estimate of drug-likeness (QED) is 0.803. The number of imidazole rings is 1. The van der Waals surface area contributed by atoms with E-state index in [-0.39, 0.29) is 0 Å². The first-order valence-electron chi connectivity index (χ1n) is 7.67. The monoisotopic (exact) mass is 305 g/mol. The Hall–Kier alpha value is -2.81.